The zero-order valence-corrected chi connectivity index (χ0v) is 19.4. The van der Waals surface area contributed by atoms with E-state index in [4.69, 9.17) is 27.3 Å². The first-order valence-electron chi connectivity index (χ1n) is 10.7. The molecule has 0 aliphatic heterocycles. The maximum Gasteiger partial charge on any atom is 0.221 e. The van der Waals surface area contributed by atoms with E-state index in [-0.39, 0.29) is 18.9 Å². The topological polar surface area (TPSA) is 93.9 Å². The van der Waals surface area contributed by atoms with Gasteiger partial charge in [0.25, 0.3) is 0 Å². The Hall–Kier alpha value is -3.92. The Morgan fingerprint density at radius 1 is 1.18 bits per heavy atom. The first kappa shape index (κ1) is 23.2. The molecule has 4 aromatic rings. The molecule has 34 heavy (non-hydrogen) atoms. The van der Waals surface area contributed by atoms with E-state index in [0.29, 0.717) is 10.6 Å². The number of halogens is 1. The Labute approximate surface area is 203 Å². The number of imidazole rings is 1. The lowest BCUT2D eigenvalue weighted by atomic mass is 9.97. The predicted molar refractivity (Wildman–Crippen MR) is 131 cm³/mol. The Morgan fingerprint density at radius 2 is 1.94 bits per heavy atom. The van der Waals surface area contributed by atoms with Crippen molar-refractivity contribution < 1.29 is 9.53 Å². The summed E-state index contributed by atoms with van der Waals surface area (Å²) < 4.78 is 8.35. The minimum Gasteiger partial charge on any atom is -0.369 e. The highest BCUT2D eigenvalue weighted by molar-refractivity contribution is 6.31. The summed E-state index contributed by atoms with van der Waals surface area (Å²) in [6, 6.07) is 22.8. The maximum absolute atomic E-state index is 11.4. The molecule has 7 heteroatoms. The van der Waals surface area contributed by atoms with Crippen LogP contribution in [0, 0.1) is 11.3 Å². The summed E-state index contributed by atoms with van der Waals surface area (Å²) in [6.45, 7) is 0.241. The van der Waals surface area contributed by atoms with E-state index in [1.54, 1.807) is 24.7 Å². The van der Waals surface area contributed by atoms with Gasteiger partial charge in [0, 0.05) is 17.6 Å². The SMILES string of the molecule is Cn1cncc1C(OCc1c(Cl)cccc1-c1cccc(CC(N)=O)c1)c1ccc(C#N)cc1. The first-order valence-corrected chi connectivity index (χ1v) is 11.1. The van der Waals surface area contributed by atoms with Gasteiger partial charge in [0.1, 0.15) is 6.10 Å². The first-order chi connectivity index (χ1) is 16.5. The molecule has 6 nitrogen and oxygen atoms in total. The van der Waals surface area contributed by atoms with E-state index in [0.717, 1.165) is 33.5 Å². The molecule has 0 spiro atoms. The molecule has 170 valence electrons. The van der Waals surface area contributed by atoms with Crippen LogP contribution in [0.15, 0.2) is 79.3 Å². The largest absolute Gasteiger partial charge is 0.369 e. The quantitative estimate of drug-likeness (QED) is 0.394. The molecule has 0 radical (unpaired) electrons. The zero-order valence-electron chi connectivity index (χ0n) is 18.6. The van der Waals surface area contributed by atoms with E-state index >= 15 is 0 Å². The van der Waals surface area contributed by atoms with Crippen LogP contribution in [0.5, 0.6) is 0 Å². The van der Waals surface area contributed by atoms with Crippen LogP contribution < -0.4 is 5.73 Å². The van der Waals surface area contributed by atoms with Crippen LogP contribution in [0.2, 0.25) is 5.02 Å². The molecule has 0 aliphatic rings. The van der Waals surface area contributed by atoms with Gasteiger partial charge in [-0.2, -0.15) is 5.26 Å². The maximum atomic E-state index is 11.4. The zero-order chi connectivity index (χ0) is 24.1. The highest BCUT2D eigenvalue weighted by Crippen LogP contribution is 2.33. The van der Waals surface area contributed by atoms with E-state index < -0.39 is 6.10 Å². The average Bonchev–Trinajstić information content (AvgIpc) is 3.25. The molecule has 1 unspecified atom stereocenters. The van der Waals surface area contributed by atoms with Crippen LogP contribution in [0.3, 0.4) is 0 Å². The van der Waals surface area contributed by atoms with Crippen molar-refractivity contribution in [3.05, 3.63) is 112 Å². The third-order valence-corrected chi connectivity index (χ3v) is 5.95. The average molecular weight is 471 g/mol. The number of primary amides is 1. The van der Waals surface area contributed by atoms with Gasteiger partial charge in [0.2, 0.25) is 5.91 Å². The minimum absolute atomic E-state index is 0.168. The van der Waals surface area contributed by atoms with Gasteiger partial charge in [0.05, 0.1) is 42.9 Å². The van der Waals surface area contributed by atoms with Crippen molar-refractivity contribution in [2.45, 2.75) is 19.1 Å². The fourth-order valence-electron chi connectivity index (χ4n) is 3.90. The summed E-state index contributed by atoms with van der Waals surface area (Å²) in [4.78, 5) is 15.6. The lowest BCUT2D eigenvalue weighted by Gasteiger charge is -2.21. The second-order valence-corrected chi connectivity index (χ2v) is 8.37. The van der Waals surface area contributed by atoms with Crippen LogP contribution >= 0.6 is 11.6 Å². The Bertz CT molecular complexity index is 1360. The number of nitrogens with zero attached hydrogens (tertiary/aromatic N) is 3. The van der Waals surface area contributed by atoms with Gasteiger partial charge < -0.3 is 15.0 Å². The number of rotatable bonds is 8. The molecule has 0 bridgehead atoms. The van der Waals surface area contributed by atoms with Gasteiger partial charge in [-0.3, -0.25) is 4.79 Å². The van der Waals surface area contributed by atoms with Crippen molar-refractivity contribution in [3.63, 3.8) is 0 Å². The predicted octanol–water partition coefficient (Wildman–Crippen LogP) is 4.95. The molecule has 1 amide bonds. The molecule has 4 rings (SSSR count). The minimum atomic E-state index is -0.412. The van der Waals surface area contributed by atoms with E-state index in [1.165, 1.54) is 0 Å². The van der Waals surface area contributed by atoms with Crippen molar-refractivity contribution >= 4 is 17.5 Å². The number of hydrogen-bond donors (Lipinski definition) is 1. The number of nitrogens with two attached hydrogens (primary N) is 1. The van der Waals surface area contributed by atoms with Gasteiger partial charge in [-0.1, -0.05) is 60.1 Å². The third kappa shape index (κ3) is 5.18. The summed E-state index contributed by atoms with van der Waals surface area (Å²) in [5, 5.41) is 9.73. The van der Waals surface area contributed by atoms with Crippen molar-refractivity contribution in [3.8, 4) is 17.2 Å². The molecular formula is C27H23ClN4O2. The Kier molecular flexibility index (Phi) is 7.07. The summed E-state index contributed by atoms with van der Waals surface area (Å²) >= 11 is 6.62. The van der Waals surface area contributed by atoms with Crippen LogP contribution in [0.25, 0.3) is 11.1 Å². The second kappa shape index (κ2) is 10.3. The summed E-state index contributed by atoms with van der Waals surface area (Å²) in [5.74, 6) is -0.381. The number of hydrogen-bond acceptors (Lipinski definition) is 4. The second-order valence-electron chi connectivity index (χ2n) is 7.96. The fraction of sp³-hybridized carbons (Fsp3) is 0.148. The van der Waals surface area contributed by atoms with Crippen LogP contribution in [-0.4, -0.2) is 15.5 Å². The summed E-state index contributed by atoms with van der Waals surface area (Å²) in [6.07, 6.45) is 3.25. The lowest BCUT2D eigenvalue weighted by molar-refractivity contribution is -0.117. The van der Waals surface area contributed by atoms with E-state index in [9.17, 15) is 4.79 Å². The standard InChI is InChI=1S/C27H23ClN4O2/c1-32-17-31-15-25(32)27(20-10-8-18(14-29)9-11-20)34-16-23-22(6-3-7-24(23)28)21-5-2-4-19(12-21)13-26(30)33/h2-12,15,17,27H,13,16H2,1H3,(H2,30,33). The number of aryl methyl sites for hydroxylation is 1. The van der Waals surface area contributed by atoms with Crippen molar-refractivity contribution in [1.82, 2.24) is 9.55 Å². The molecule has 1 atom stereocenters. The molecule has 0 fully saturated rings. The third-order valence-electron chi connectivity index (χ3n) is 5.59. The number of amides is 1. The van der Waals surface area contributed by atoms with Gasteiger partial charge in [-0.25, -0.2) is 4.98 Å². The number of ether oxygens (including phenoxy) is 1. The van der Waals surface area contributed by atoms with E-state index in [2.05, 4.69) is 11.1 Å². The number of benzene rings is 3. The molecule has 2 N–H and O–H groups in total. The van der Waals surface area contributed by atoms with Crippen LogP contribution in [0.4, 0.5) is 0 Å². The number of nitriles is 1. The molecule has 3 aromatic carbocycles. The van der Waals surface area contributed by atoms with Gasteiger partial charge in [-0.15, -0.1) is 0 Å². The Balaban J connectivity index is 1.68. The van der Waals surface area contributed by atoms with Gasteiger partial charge in [0.15, 0.2) is 0 Å². The molecule has 0 saturated heterocycles. The highest BCUT2D eigenvalue weighted by atomic mass is 35.5. The van der Waals surface area contributed by atoms with E-state index in [1.807, 2.05) is 66.2 Å². The summed E-state index contributed by atoms with van der Waals surface area (Å²) in [7, 11) is 1.91. The van der Waals surface area contributed by atoms with Crippen molar-refractivity contribution in [2.75, 3.05) is 0 Å². The summed E-state index contributed by atoms with van der Waals surface area (Å²) in [5.41, 5.74) is 11.2. The monoisotopic (exact) mass is 470 g/mol. The molecule has 1 heterocycles. The molecule has 0 saturated carbocycles. The lowest BCUT2D eigenvalue weighted by Crippen LogP contribution is -2.13. The van der Waals surface area contributed by atoms with Crippen LogP contribution in [-0.2, 0) is 29.6 Å². The van der Waals surface area contributed by atoms with Crippen LogP contribution in [0.1, 0.15) is 34.1 Å². The van der Waals surface area contributed by atoms with Gasteiger partial charge in [-0.05, 0) is 40.5 Å². The molecule has 1 aromatic heterocycles. The Morgan fingerprint density at radius 3 is 2.62 bits per heavy atom. The molecular weight excluding hydrogens is 448 g/mol. The fourth-order valence-corrected chi connectivity index (χ4v) is 4.13. The highest BCUT2D eigenvalue weighted by Gasteiger charge is 2.20. The van der Waals surface area contributed by atoms with Crippen molar-refractivity contribution in [2.24, 2.45) is 12.8 Å². The number of carbonyl (C=O) groups excluding carboxylic acids is 1. The normalized spacial score (nSPS) is 11.7. The number of carbonyl (C=O) groups is 1. The van der Waals surface area contributed by atoms with Crippen molar-refractivity contribution in [1.29, 1.82) is 5.26 Å². The molecule has 0 aliphatic carbocycles. The van der Waals surface area contributed by atoms with Gasteiger partial charge >= 0.3 is 0 Å². The number of aromatic nitrogens is 2. The smallest absolute Gasteiger partial charge is 0.221 e.